The number of fused-ring (bicyclic) bond motifs is 1. The number of hydrogen-bond acceptors (Lipinski definition) is 6. The molecule has 2 aliphatic rings. The Balaban J connectivity index is 1.43. The van der Waals surface area contributed by atoms with Gasteiger partial charge in [-0.3, -0.25) is 0 Å². The van der Waals surface area contributed by atoms with E-state index in [9.17, 15) is 8.42 Å². The lowest BCUT2D eigenvalue weighted by atomic mass is 10.1. The molecule has 1 aliphatic carbocycles. The van der Waals surface area contributed by atoms with E-state index in [2.05, 4.69) is 15.3 Å². The average Bonchev–Trinajstić information content (AvgIpc) is 3.27. The number of rotatable bonds is 4. The first-order valence-corrected chi connectivity index (χ1v) is 9.96. The number of piperidine rings is 1. The normalized spacial score (nSPS) is 21.3. The number of nitrogens with zero attached hydrogens (tertiary/aromatic N) is 3. The summed E-state index contributed by atoms with van der Waals surface area (Å²) in [7, 11) is -3.03. The highest BCUT2D eigenvalue weighted by Crippen LogP contribution is 2.33. The van der Waals surface area contributed by atoms with Crippen LogP contribution < -0.4 is 5.32 Å². The van der Waals surface area contributed by atoms with Crippen LogP contribution in [0.1, 0.15) is 25.7 Å². The predicted molar refractivity (Wildman–Crippen MR) is 87.6 cm³/mol. The smallest absolute Gasteiger partial charge is 0.216 e. The fourth-order valence-electron chi connectivity index (χ4n) is 2.93. The van der Waals surface area contributed by atoms with Gasteiger partial charge in [-0.05, 0) is 37.1 Å². The molecule has 1 N–H and O–H groups in total. The van der Waals surface area contributed by atoms with Crippen LogP contribution in [-0.2, 0) is 10.0 Å². The molecule has 6 nitrogen and oxygen atoms in total. The highest BCUT2D eigenvalue weighted by Gasteiger charge is 2.41. The Morgan fingerprint density at radius 2 is 1.95 bits per heavy atom. The van der Waals surface area contributed by atoms with E-state index in [1.807, 2.05) is 11.4 Å². The molecule has 3 heterocycles. The second-order valence-corrected chi connectivity index (χ2v) is 9.03. The van der Waals surface area contributed by atoms with Crippen molar-refractivity contribution in [3.8, 4) is 0 Å². The molecule has 118 valence electrons. The number of nitrogens with one attached hydrogen (secondary N) is 1. The molecule has 22 heavy (non-hydrogen) atoms. The zero-order chi connectivity index (χ0) is 15.2. The predicted octanol–water partition coefficient (Wildman–Crippen LogP) is 2.06. The van der Waals surface area contributed by atoms with Crippen molar-refractivity contribution in [3.63, 3.8) is 0 Å². The fraction of sp³-hybridized carbons (Fsp3) is 0.571. The summed E-state index contributed by atoms with van der Waals surface area (Å²) in [6.45, 7) is 1.21. The maximum Gasteiger partial charge on any atom is 0.216 e. The Bertz CT molecular complexity index is 777. The van der Waals surface area contributed by atoms with Crippen molar-refractivity contribution >= 4 is 37.4 Å². The quantitative estimate of drug-likeness (QED) is 0.923. The highest BCUT2D eigenvalue weighted by molar-refractivity contribution is 7.90. The summed E-state index contributed by atoms with van der Waals surface area (Å²) >= 11 is 1.60. The molecule has 0 radical (unpaired) electrons. The van der Waals surface area contributed by atoms with Gasteiger partial charge < -0.3 is 5.32 Å². The Hall–Kier alpha value is -1.25. The van der Waals surface area contributed by atoms with E-state index in [-0.39, 0.29) is 11.3 Å². The Morgan fingerprint density at radius 1 is 1.18 bits per heavy atom. The molecular formula is C14H18N4O2S2. The molecule has 0 amide bonds. The maximum absolute atomic E-state index is 12.2. The van der Waals surface area contributed by atoms with Crippen LogP contribution >= 0.6 is 11.3 Å². The van der Waals surface area contributed by atoms with Crippen LogP contribution in [0.25, 0.3) is 10.2 Å². The van der Waals surface area contributed by atoms with Crippen LogP contribution in [0.15, 0.2) is 17.8 Å². The largest absolute Gasteiger partial charge is 0.367 e. The third kappa shape index (κ3) is 2.59. The van der Waals surface area contributed by atoms with Crippen molar-refractivity contribution in [2.45, 2.75) is 37.0 Å². The van der Waals surface area contributed by atoms with Crippen LogP contribution in [-0.4, -0.2) is 47.1 Å². The van der Waals surface area contributed by atoms with Gasteiger partial charge in [0.25, 0.3) is 0 Å². The topological polar surface area (TPSA) is 75.2 Å². The molecule has 4 rings (SSSR count). The molecule has 0 atom stereocenters. The maximum atomic E-state index is 12.2. The summed E-state index contributed by atoms with van der Waals surface area (Å²) < 4.78 is 26.1. The van der Waals surface area contributed by atoms with Gasteiger partial charge in [0.2, 0.25) is 10.0 Å². The van der Waals surface area contributed by atoms with Gasteiger partial charge in [0.05, 0.1) is 10.6 Å². The number of hydrogen-bond donors (Lipinski definition) is 1. The lowest BCUT2D eigenvalue weighted by Crippen LogP contribution is -2.43. The summed E-state index contributed by atoms with van der Waals surface area (Å²) in [5.41, 5.74) is 0. The lowest BCUT2D eigenvalue weighted by Gasteiger charge is -2.32. The SMILES string of the molecule is O=S(=O)(C1CC1)N1CCC(Nc2ncnc3sccc23)CC1. The van der Waals surface area contributed by atoms with E-state index >= 15 is 0 Å². The Kier molecular flexibility index (Phi) is 3.54. The van der Waals surface area contributed by atoms with E-state index in [0.717, 1.165) is 41.7 Å². The molecule has 0 aromatic carbocycles. The molecule has 1 aliphatic heterocycles. The lowest BCUT2D eigenvalue weighted by molar-refractivity contribution is 0.329. The molecule has 0 bridgehead atoms. The van der Waals surface area contributed by atoms with E-state index < -0.39 is 10.0 Å². The van der Waals surface area contributed by atoms with Gasteiger partial charge in [-0.15, -0.1) is 11.3 Å². The average molecular weight is 338 g/mol. The molecule has 0 spiro atoms. The molecule has 2 fully saturated rings. The standard InChI is InChI=1S/C14H18N4O2S2/c19-22(20,11-1-2-11)18-6-3-10(4-7-18)17-13-12-5-8-21-14(12)16-9-15-13/h5,8-11H,1-4,6-7H2,(H,15,16,17). The molecule has 8 heteroatoms. The number of thiophene rings is 1. The summed E-state index contributed by atoms with van der Waals surface area (Å²) in [6.07, 6.45) is 4.88. The zero-order valence-corrected chi connectivity index (χ0v) is 13.7. The second kappa shape index (κ2) is 5.43. The van der Waals surface area contributed by atoms with Crippen LogP contribution in [0.5, 0.6) is 0 Å². The van der Waals surface area contributed by atoms with E-state index in [4.69, 9.17) is 0 Å². The second-order valence-electron chi connectivity index (χ2n) is 5.92. The van der Waals surface area contributed by atoms with Gasteiger partial charge in [-0.25, -0.2) is 22.7 Å². The minimum atomic E-state index is -3.03. The molecule has 2 aromatic rings. The molecule has 2 aromatic heterocycles. The highest BCUT2D eigenvalue weighted by atomic mass is 32.2. The van der Waals surface area contributed by atoms with E-state index in [1.54, 1.807) is 22.0 Å². The summed E-state index contributed by atoms with van der Waals surface area (Å²) in [5.74, 6) is 0.856. The fourth-order valence-corrected chi connectivity index (χ4v) is 5.54. The van der Waals surface area contributed by atoms with Crippen molar-refractivity contribution < 1.29 is 8.42 Å². The van der Waals surface area contributed by atoms with Crippen molar-refractivity contribution in [2.75, 3.05) is 18.4 Å². The van der Waals surface area contributed by atoms with Gasteiger partial charge in [-0.2, -0.15) is 0 Å². The first-order valence-electron chi connectivity index (χ1n) is 7.58. The van der Waals surface area contributed by atoms with E-state index in [1.165, 1.54) is 0 Å². The van der Waals surface area contributed by atoms with Crippen LogP contribution in [0.3, 0.4) is 0 Å². The Labute approximate surface area is 133 Å². The number of sulfonamides is 1. The van der Waals surface area contributed by atoms with Crippen molar-refractivity contribution in [1.82, 2.24) is 14.3 Å². The third-order valence-electron chi connectivity index (χ3n) is 4.36. The van der Waals surface area contributed by atoms with Crippen LogP contribution in [0, 0.1) is 0 Å². The van der Waals surface area contributed by atoms with Crippen molar-refractivity contribution in [2.24, 2.45) is 0 Å². The van der Waals surface area contributed by atoms with E-state index in [0.29, 0.717) is 13.1 Å². The van der Waals surface area contributed by atoms with Gasteiger partial charge in [0, 0.05) is 19.1 Å². The minimum Gasteiger partial charge on any atom is -0.367 e. The third-order valence-corrected chi connectivity index (χ3v) is 7.58. The van der Waals surface area contributed by atoms with Crippen molar-refractivity contribution in [1.29, 1.82) is 0 Å². The van der Waals surface area contributed by atoms with Crippen LogP contribution in [0.2, 0.25) is 0 Å². The van der Waals surface area contributed by atoms with Gasteiger partial charge in [0.15, 0.2) is 0 Å². The Morgan fingerprint density at radius 3 is 2.68 bits per heavy atom. The van der Waals surface area contributed by atoms with Gasteiger partial charge in [-0.1, -0.05) is 0 Å². The summed E-state index contributed by atoms with van der Waals surface area (Å²) in [4.78, 5) is 9.56. The molecule has 0 unspecified atom stereocenters. The summed E-state index contributed by atoms with van der Waals surface area (Å²) in [6, 6.07) is 2.29. The molecule has 1 saturated heterocycles. The van der Waals surface area contributed by atoms with Crippen molar-refractivity contribution in [3.05, 3.63) is 17.8 Å². The minimum absolute atomic E-state index is 0.107. The summed E-state index contributed by atoms with van der Waals surface area (Å²) in [5, 5.41) is 6.41. The molecule has 1 saturated carbocycles. The zero-order valence-electron chi connectivity index (χ0n) is 12.1. The molecular weight excluding hydrogens is 320 g/mol. The monoisotopic (exact) mass is 338 g/mol. The van der Waals surface area contributed by atoms with Gasteiger partial charge >= 0.3 is 0 Å². The first-order chi connectivity index (χ1) is 10.6. The van der Waals surface area contributed by atoms with Gasteiger partial charge in [0.1, 0.15) is 17.0 Å². The van der Waals surface area contributed by atoms with Crippen LogP contribution in [0.4, 0.5) is 5.82 Å². The number of aromatic nitrogens is 2. The number of anilines is 1. The first kappa shape index (κ1) is 14.3.